The minimum atomic E-state index is -0.850. The molecule has 1 N–H and O–H groups in total. The van der Waals surface area contributed by atoms with Gasteiger partial charge in [0.05, 0.1) is 15.7 Å². The third-order valence-corrected chi connectivity index (χ3v) is 3.62. The number of carbonyl (C=O) groups excluding carboxylic acids is 1. The number of hydrogen-bond donors (Lipinski definition) is 1. The van der Waals surface area contributed by atoms with Crippen molar-refractivity contribution in [2.75, 3.05) is 5.32 Å². The van der Waals surface area contributed by atoms with E-state index in [2.05, 4.69) is 5.32 Å². The van der Waals surface area contributed by atoms with Crippen LogP contribution in [0, 0.1) is 5.82 Å². The van der Waals surface area contributed by atoms with Gasteiger partial charge >= 0.3 is 0 Å². The maximum absolute atomic E-state index is 13.0. The van der Waals surface area contributed by atoms with E-state index < -0.39 is 17.8 Å². The lowest BCUT2D eigenvalue weighted by Crippen LogP contribution is -2.30. The minimum Gasteiger partial charge on any atom is -0.479 e. The summed E-state index contributed by atoms with van der Waals surface area (Å²) in [6.07, 6.45) is -0.850. The highest BCUT2D eigenvalue weighted by Crippen LogP contribution is 2.29. The van der Waals surface area contributed by atoms with Crippen LogP contribution in [0.2, 0.25) is 15.1 Å². The number of halogens is 4. The first-order valence-electron chi connectivity index (χ1n) is 6.24. The molecular weight excluding hydrogens is 352 g/mol. The van der Waals surface area contributed by atoms with E-state index in [-0.39, 0.29) is 5.02 Å². The standard InChI is InChI=1S/C15H11Cl3FNO2/c1-8(22-14-6-9(16)2-4-11(14)17)15(21)20-13-5-3-10(19)7-12(13)18/h2-8H,1H3,(H,20,21)/t8-/m1/s1. The Bertz CT molecular complexity index is 709. The summed E-state index contributed by atoms with van der Waals surface area (Å²) in [5.41, 5.74) is 0.292. The Hall–Kier alpha value is -1.49. The van der Waals surface area contributed by atoms with Gasteiger partial charge in [-0.25, -0.2) is 4.39 Å². The molecule has 0 aliphatic heterocycles. The quantitative estimate of drug-likeness (QED) is 0.812. The summed E-state index contributed by atoms with van der Waals surface area (Å²) in [5.74, 6) is -0.649. The summed E-state index contributed by atoms with van der Waals surface area (Å²) in [5, 5.41) is 3.43. The van der Waals surface area contributed by atoms with Crippen LogP contribution in [0.25, 0.3) is 0 Å². The van der Waals surface area contributed by atoms with E-state index in [1.807, 2.05) is 0 Å². The maximum atomic E-state index is 13.0. The van der Waals surface area contributed by atoms with Crippen LogP contribution in [0.15, 0.2) is 36.4 Å². The summed E-state index contributed by atoms with van der Waals surface area (Å²) in [4.78, 5) is 12.1. The molecule has 0 aromatic heterocycles. The lowest BCUT2D eigenvalue weighted by Gasteiger charge is -2.16. The second kappa shape index (κ2) is 7.18. The third kappa shape index (κ3) is 4.26. The zero-order chi connectivity index (χ0) is 16.3. The van der Waals surface area contributed by atoms with Crippen LogP contribution in [-0.4, -0.2) is 12.0 Å². The van der Waals surface area contributed by atoms with Crippen LogP contribution in [0.5, 0.6) is 5.75 Å². The van der Waals surface area contributed by atoms with Crippen molar-refractivity contribution in [2.24, 2.45) is 0 Å². The van der Waals surface area contributed by atoms with Gasteiger partial charge in [0, 0.05) is 11.1 Å². The van der Waals surface area contributed by atoms with Gasteiger partial charge in [0.15, 0.2) is 6.10 Å². The van der Waals surface area contributed by atoms with Gasteiger partial charge in [0.25, 0.3) is 5.91 Å². The number of amides is 1. The van der Waals surface area contributed by atoms with E-state index in [1.165, 1.54) is 18.2 Å². The van der Waals surface area contributed by atoms with Gasteiger partial charge in [-0.15, -0.1) is 0 Å². The van der Waals surface area contributed by atoms with Crippen molar-refractivity contribution in [3.8, 4) is 5.75 Å². The van der Waals surface area contributed by atoms with Crippen LogP contribution in [0.1, 0.15) is 6.92 Å². The molecule has 0 saturated heterocycles. The van der Waals surface area contributed by atoms with Crippen molar-refractivity contribution >= 4 is 46.4 Å². The number of carbonyl (C=O) groups is 1. The predicted octanol–water partition coefficient (Wildman–Crippen LogP) is 5.19. The highest BCUT2D eigenvalue weighted by atomic mass is 35.5. The molecule has 0 heterocycles. The Kier molecular flexibility index (Phi) is 5.51. The third-order valence-electron chi connectivity index (χ3n) is 2.76. The normalized spacial score (nSPS) is 11.9. The number of anilines is 1. The van der Waals surface area contributed by atoms with Crippen molar-refractivity contribution in [1.82, 2.24) is 0 Å². The Labute approximate surface area is 141 Å². The summed E-state index contributed by atoms with van der Waals surface area (Å²) in [6.45, 7) is 1.55. The van der Waals surface area contributed by atoms with E-state index in [1.54, 1.807) is 19.1 Å². The monoisotopic (exact) mass is 361 g/mol. The molecule has 7 heteroatoms. The fraction of sp³-hybridized carbons (Fsp3) is 0.133. The minimum absolute atomic E-state index is 0.0985. The molecular formula is C15H11Cl3FNO2. The Morgan fingerprint density at radius 2 is 1.86 bits per heavy atom. The van der Waals surface area contributed by atoms with Gasteiger partial charge in [-0.05, 0) is 37.3 Å². The first-order chi connectivity index (χ1) is 10.4. The average Bonchev–Trinajstić information content (AvgIpc) is 2.45. The molecule has 2 aromatic rings. The summed E-state index contributed by atoms with van der Waals surface area (Å²) in [7, 11) is 0. The van der Waals surface area contributed by atoms with Crippen molar-refractivity contribution < 1.29 is 13.9 Å². The highest BCUT2D eigenvalue weighted by Gasteiger charge is 2.17. The van der Waals surface area contributed by atoms with Gasteiger partial charge in [0.1, 0.15) is 11.6 Å². The van der Waals surface area contributed by atoms with E-state index in [0.29, 0.717) is 21.5 Å². The van der Waals surface area contributed by atoms with Crippen molar-refractivity contribution in [1.29, 1.82) is 0 Å². The summed E-state index contributed by atoms with van der Waals surface area (Å²) >= 11 is 17.7. The molecule has 0 aliphatic rings. The van der Waals surface area contributed by atoms with Crippen LogP contribution in [0.4, 0.5) is 10.1 Å². The summed E-state index contributed by atoms with van der Waals surface area (Å²) < 4.78 is 18.4. The Balaban J connectivity index is 2.07. The zero-order valence-electron chi connectivity index (χ0n) is 11.4. The van der Waals surface area contributed by atoms with Gasteiger partial charge < -0.3 is 10.1 Å². The molecule has 0 aliphatic carbocycles. The largest absolute Gasteiger partial charge is 0.479 e. The Morgan fingerprint density at radius 1 is 1.14 bits per heavy atom. The Morgan fingerprint density at radius 3 is 2.55 bits per heavy atom. The van der Waals surface area contributed by atoms with Crippen molar-refractivity contribution in [3.63, 3.8) is 0 Å². The topological polar surface area (TPSA) is 38.3 Å². The molecule has 3 nitrogen and oxygen atoms in total. The molecule has 0 unspecified atom stereocenters. The number of ether oxygens (including phenoxy) is 1. The van der Waals surface area contributed by atoms with Crippen LogP contribution < -0.4 is 10.1 Å². The molecule has 2 rings (SSSR count). The fourth-order valence-electron chi connectivity index (χ4n) is 1.64. The fourth-order valence-corrected chi connectivity index (χ4v) is 2.18. The smallest absolute Gasteiger partial charge is 0.265 e. The molecule has 0 spiro atoms. The molecule has 0 fully saturated rings. The number of rotatable bonds is 4. The van der Waals surface area contributed by atoms with Crippen molar-refractivity contribution in [3.05, 3.63) is 57.3 Å². The highest BCUT2D eigenvalue weighted by molar-refractivity contribution is 6.34. The van der Waals surface area contributed by atoms with Gasteiger partial charge in [-0.3, -0.25) is 4.79 Å². The molecule has 2 aromatic carbocycles. The molecule has 0 radical (unpaired) electrons. The number of benzene rings is 2. The van der Waals surface area contributed by atoms with E-state index in [4.69, 9.17) is 39.5 Å². The van der Waals surface area contributed by atoms with E-state index in [9.17, 15) is 9.18 Å². The van der Waals surface area contributed by atoms with Gasteiger partial charge in [-0.1, -0.05) is 34.8 Å². The zero-order valence-corrected chi connectivity index (χ0v) is 13.6. The van der Waals surface area contributed by atoms with Crippen LogP contribution in [0.3, 0.4) is 0 Å². The molecule has 0 saturated carbocycles. The summed E-state index contributed by atoms with van der Waals surface area (Å²) in [6, 6.07) is 8.37. The van der Waals surface area contributed by atoms with E-state index in [0.717, 1.165) is 6.07 Å². The SMILES string of the molecule is C[C@@H](Oc1cc(Cl)ccc1Cl)C(=O)Nc1ccc(F)cc1Cl. The predicted molar refractivity (Wildman–Crippen MR) is 86.6 cm³/mol. The first kappa shape index (κ1) is 16.9. The average molecular weight is 363 g/mol. The van der Waals surface area contributed by atoms with Crippen LogP contribution >= 0.6 is 34.8 Å². The van der Waals surface area contributed by atoms with Crippen molar-refractivity contribution in [2.45, 2.75) is 13.0 Å². The lowest BCUT2D eigenvalue weighted by molar-refractivity contribution is -0.122. The maximum Gasteiger partial charge on any atom is 0.265 e. The number of hydrogen-bond acceptors (Lipinski definition) is 2. The molecule has 1 amide bonds. The second-order valence-electron chi connectivity index (χ2n) is 4.45. The molecule has 1 atom stereocenters. The number of nitrogens with one attached hydrogen (secondary N) is 1. The lowest BCUT2D eigenvalue weighted by atomic mass is 10.3. The van der Waals surface area contributed by atoms with Gasteiger partial charge in [0.2, 0.25) is 0 Å². The first-order valence-corrected chi connectivity index (χ1v) is 7.38. The molecule has 116 valence electrons. The van der Waals surface area contributed by atoms with E-state index >= 15 is 0 Å². The molecule has 0 bridgehead atoms. The molecule has 22 heavy (non-hydrogen) atoms. The second-order valence-corrected chi connectivity index (χ2v) is 5.70. The van der Waals surface area contributed by atoms with Crippen LogP contribution in [-0.2, 0) is 4.79 Å². The van der Waals surface area contributed by atoms with Gasteiger partial charge in [-0.2, -0.15) is 0 Å².